The van der Waals surface area contributed by atoms with Gasteiger partial charge in [-0.1, -0.05) is 0 Å². The van der Waals surface area contributed by atoms with E-state index in [0.717, 1.165) is 0 Å². The van der Waals surface area contributed by atoms with Crippen LogP contribution in [0.5, 0.6) is 0 Å². The van der Waals surface area contributed by atoms with Gasteiger partial charge < -0.3 is 5.73 Å². The van der Waals surface area contributed by atoms with Gasteiger partial charge in [0.15, 0.2) is 5.65 Å². The van der Waals surface area contributed by atoms with Gasteiger partial charge in [-0.15, -0.1) is 0 Å². The zero-order chi connectivity index (χ0) is 10.3. The molecule has 7 heteroatoms. The third-order valence-electron chi connectivity index (χ3n) is 1.71. The van der Waals surface area contributed by atoms with Crippen molar-refractivity contribution in [1.29, 1.82) is 0 Å². The highest BCUT2D eigenvalue weighted by molar-refractivity contribution is 5.80. The zero-order valence-corrected chi connectivity index (χ0v) is 6.76. The van der Waals surface area contributed by atoms with Crippen LogP contribution in [0, 0.1) is 0 Å². The second kappa shape index (κ2) is 2.60. The first-order chi connectivity index (χ1) is 6.48. The quantitative estimate of drug-likeness (QED) is 0.681. The van der Waals surface area contributed by atoms with E-state index in [1.54, 1.807) is 0 Å². The summed E-state index contributed by atoms with van der Waals surface area (Å²) in [6.07, 6.45) is -3.21. The molecular weight excluding hydrogens is 197 g/mol. The average molecular weight is 202 g/mol. The van der Waals surface area contributed by atoms with Gasteiger partial charge in [-0.2, -0.15) is 18.3 Å². The van der Waals surface area contributed by atoms with Crippen LogP contribution in [0.2, 0.25) is 0 Å². The first-order valence-electron chi connectivity index (χ1n) is 3.65. The minimum Gasteiger partial charge on any atom is -0.397 e. The van der Waals surface area contributed by atoms with Crippen LogP contribution in [0.4, 0.5) is 18.9 Å². The van der Waals surface area contributed by atoms with Crippen molar-refractivity contribution in [2.45, 2.75) is 6.18 Å². The number of nitrogens with one attached hydrogen (secondary N) is 1. The molecule has 0 fully saturated rings. The number of nitrogen functional groups attached to an aromatic ring is 1. The number of hydrogen-bond acceptors (Lipinski definition) is 3. The fourth-order valence-electron chi connectivity index (χ4n) is 1.13. The van der Waals surface area contributed by atoms with E-state index in [-0.39, 0.29) is 16.7 Å². The summed E-state index contributed by atoms with van der Waals surface area (Å²) < 4.78 is 37.0. The van der Waals surface area contributed by atoms with Gasteiger partial charge >= 0.3 is 6.18 Å². The minimum absolute atomic E-state index is 0.00604. The number of aromatic amines is 1. The molecule has 0 amide bonds. The number of hydrogen-bond donors (Lipinski definition) is 2. The van der Waals surface area contributed by atoms with E-state index in [1.807, 2.05) is 5.10 Å². The Hall–Kier alpha value is -1.79. The second-order valence-electron chi connectivity index (χ2n) is 2.74. The maximum absolute atomic E-state index is 12.3. The highest BCUT2D eigenvalue weighted by atomic mass is 19.4. The van der Waals surface area contributed by atoms with Crippen LogP contribution in [0.3, 0.4) is 0 Å². The van der Waals surface area contributed by atoms with E-state index in [0.29, 0.717) is 0 Å². The van der Waals surface area contributed by atoms with E-state index < -0.39 is 11.9 Å². The molecule has 0 bridgehead atoms. The van der Waals surface area contributed by atoms with Crippen LogP contribution < -0.4 is 5.73 Å². The molecule has 0 aliphatic carbocycles. The Morgan fingerprint density at radius 3 is 2.71 bits per heavy atom. The number of H-pyrrole nitrogens is 1. The van der Waals surface area contributed by atoms with Crippen molar-refractivity contribution in [3.63, 3.8) is 0 Å². The van der Waals surface area contributed by atoms with Gasteiger partial charge in [0.05, 0.1) is 17.3 Å². The summed E-state index contributed by atoms with van der Waals surface area (Å²) in [5, 5.41) is 5.19. The first kappa shape index (κ1) is 8.79. The van der Waals surface area contributed by atoms with Crippen LogP contribution in [0.1, 0.15) is 5.69 Å². The monoisotopic (exact) mass is 202 g/mol. The van der Waals surface area contributed by atoms with Gasteiger partial charge in [0.1, 0.15) is 5.69 Å². The lowest BCUT2D eigenvalue weighted by molar-refractivity contribution is -0.139. The minimum atomic E-state index is -4.47. The van der Waals surface area contributed by atoms with Crippen molar-refractivity contribution in [1.82, 2.24) is 15.2 Å². The molecule has 0 saturated carbocycles. The van der Waals surface area contributed by atoms with Crippen LogP contribution in [0.25, 0.3) is 11.0 Å². The smallest absolute Gasteiger partial charge is 0.397 e. The Morgan fingerprint density at radius 1 is 1.36 bits per heavy atom. The van der Waals surface area contributed by atoms with E-state index in [4.69, 9.17) is 5.73 Å². The predicted molar refractivity (Wildman–Crippen MR) is 43.3 cm³/mol. The number of rotatable bonds is 0. The van der Waals surface area contributed by atoms with Crippen LogP contribution in [-0.2, 0) is 6.18 Å². The van der Waals surface area contributed by atoms with E-state index in [1.165, 1.54) is 12.3 Å². The number of halogens is 3. The Bertz CT molecular complexity index is 473. The van der Waals surface area contributed by atoms with Crippen molar-refractivity contribution in [3.05, 3.63) is 18.0 Å². The summed E-state index contributed by atoms with van der Waals surface area (Å²) in [5.41, 5.74) is 4.58. The normalized spacial score (nSPS) is 12.2. The van der Waals surface area contributed by atoms with Crippen molar-refractivity contribution in [2.24, 2.45) is 0 Å². The van der Waals surface area contributed by atoms with Crippen LogP contribution >= 0.6 is 0 Å². The number of nitrogens with two attached hydrogens (primary N) is 1. The Labute approximate surface area is 75.9 Å². The molecule has 2 rings (SSSR count). The molecule has 14 heavy (non-hydrogen) atoms. The first-order valence-corrected chi connectivity index (χ1v) is 3.65. The molecule has 0 aliphatic rings. The van der Waals surface area contributed by atoms with Gasteiger partial charge in [-0.25, -0.2) is 4.98 Å². The molecule has 0 spiro atoms. The summed E-state index contributed by atoms with van der Waals surface area (Å²) in [6.45, 7) is 0. The molecular formula is C7H5F3N4. The zero-order valence-electron chi connectivity index (χ0n) is 6.76. The molecule has 4 nitrogen and oxygen atoms in total. The predicted octanol–water partition coefficient (Wildman–Crippen LogP) is 1.56. The van der Waals surface area contributed by atoms with Gasteiger partial charge in [0.2, 0.25) is 0 Å². The number of fused-ring (bicyclic) bond motifs is 1. The lowest BCUT2D eigenvalue weighted by atomic mass is 10.2. The standard InChI is InChI=1S/C7H5F3N4/c8-7(9,10)5-4-1-3(11)2-12-6(4)14-13-5/h1-2H,11H2,(H,12,13,14). The summed E-state index contributed by atoms with van der Waals surface area (Å²) >= 11 is 0. The summed E-state index contributed by atoms with van der Waals surface area (Å²) in [7, 11) is 0. The topological polar surface area (TPSA) is 67.6 Å². The Morgan fingerprint density at radius 2 is 2.07 bits per heavy atom. The van der Waals surface area contributed by atoms with Gasteiger partial charge in [-0.05, 0) is 6.07 Å². The third kappa shape index (κ3) is 1.26. The lowest BCUT2D eigenvalue weighted by Gasteiger charge is -2.02. The molecule has 0 radical (unpaired) electrons. The molecule has 0 saturated heterocycles. The summed E-state index contributed by atoms with van der Waals surface area (Å²) in [4.78, 5) is 3.65. The SMILES string of the molecule is Nc1cnc2n[nH]c(C(F)(F)F)c2c1. The van der Waals surface area contributed by atoms with Crippen molar-refractivity contribution >= 4 is 16.7 Å². The molecule has 2 aromatic heterocycles. The molecule has 0 atom stereocenters. The molecule has 0 aromatic carbocycles. The third-order valence-corrected chi connectivity index (χ3v) is 1.71. The van der Waals surface area contributed by atoms with Crippen molar-refractivity contribution < 1.29 is 13.2 Å². The largest absolute Gasteiger partial charge is 0.433 e. The highest BCUT2D eigenvalue weighted by Gasteiger charge is 2.35. The van der Waals surface area contributed by atoms with Crippen LogP contribution in [0.15, 0.2) is 12.3 Å². The fraction of sp³-hybridized carbons (Fsp3) is 0.143. The van der Waals surface area contributed by atoms with E-state index in [2.05, 4.69) is 10.1 Å². The molecule has 2 heterocycles. The molecule has 3 N–H and O–H groups in total. The number of alkyl halides is 3. The second-order valence-corrected chi connectivity index (χ2v) is 2.74. The number of pyridine rings is 1. The van der Waals surface area contributed by atoms with E-state index in [9.17, 15) is 13.2 Å². The molecule has 2 aromatic rings. The lowest BCUT2D eigenvalue weighted by Crippen LogP contribution is -2.05. The van der Waals surface area contributed by atoms with Crippen molar-refractivity contribution in [3.8, 4) is 0 Å². The maximum atomic E-state index is 12.3. The Kier molecular flexibility index (Phi) is 1.63. The summed E-state index contributed by atoms with van der Waals surface area (Å²) in [6, 6.07) is 1.19. The highest BCUT2D eigenvalue weighted by Crippen LogP contribution is 2.32. The maximum Gasteiger partial charge on any atom is 0.433 e. The van der Waals surface area contributed by atoms with Gasteiger partial charge in [0.25, 0.3) is 0 Å². The summed E-state index contributed by atoms with van der Waals surface area (Å²) in [5.74, 6) is 0. The van der Waals surface area contributed by atoms with Crippen LogP contribution in [-0.4, -0.2) is 15.2 Å². The fourth-order valence-corrected chi connectivity index (χ4v) is 1.13. The number of anilines is 1. The number of nitrogens with zero attached hydrogens (tertiary/aromatic N) is 2. The molecule has 74 valence electrons. The number of aromatic nitrogens is 3. The molecule has 0 unspecified atom stereocenters. The average Bonchev–Trinajstić information content (AvgIpc) is 2.45. The van der Waals surface area contributed by atoms with E-state index >= 15 is 0 Å². The van der Waals surface area contributed by atoms with Gasteiger partial charge in [-0.3, -0.25) is 5.10 Å². The van der Waals surface area contributed by atoms with Crippen molar-refractivity contribution in [2.75, 3.05) is 5.73 Å². The molecule has 0 aliphatic heterocycles. The Balaban J connectivity index is 2.73. The van der Waals surface area contributed by atoms with Gasteiger partial charge in [0, 0.05) is 0 Å².